The van der Waals surface area contributed by atoms with E-state index in [1.165, 1.54) is 0 Å². The third kappa shape index (κ3) is 8.50. The molecule has 2 bridgehead atoms. The normalized spacial score (nSPS) is 40.1. The summed E-state index contributed by atoms with van der Waals surface area (Å²) < 4.78 is 32.5. The van der Waals surface area contributed by atoms with E-state index in [9.17, 15) is 19.8 Å². The van der Waals surface area contributed by atoms with Crippen LogP contribution in [0.5, 0.6) is 0 Å². The number of rotatable bonds is 6. The summed E-state index contributed by atoms with van der Waals surface area (Å²) in [4.78, 5) is 25.8. The smallest absolute Gasteiger partial charge is 0.318 e. The van der Waals surface area contributed by atoms with Gasteiger partial charge in [0.2, 0.25) is 0 Å². The number of esters is 1. The molecule has 0 saturated carbocycles. The predicted octanol–water partition coefficient (Wildman–Crippen LogP) is 5.91. The van der Waals surface area contributed by atoms with Crippen molar-refractivity contribution in [2.75, 3.05) is 25.6 Å². The van der Waals surface area contributed by atoms with Crippen molar-refractivity contribution in [3.8, 4) is 0 Å². The number of benzene rings is 1. The molecule has 0 aromatic heterocycles. The van der Waals surface area contributed by atoms with Crippen LogP contribution in [0.4, 0.5) is 10.5 Å². The third-order valence-corrected chi connectivity index (χ3v) is 11.9. The van der Waals surface area contributed by atoms with Gasteiger partial charge in [-0.2, -0.15) is 0 Å². The van der Waals surface area contributed by atoms with Crippen molar-refractivity contribution in [2.24, 2.45) is 17.8 Å². The van der Waals surface area contributed by atoms with E-state index in [4.69, 9.17) is 23.7 Å². The summed E-state index contributed by atoms with van der Waals surface area (Å²) in [6.07, 6.45) is 11.2. The first-order chi connectivity index (χ1) is 25.4. The lowest BCUT2D eigenvalue weighted by molar-refractivity contribution is -0.335. The van der Waals surface area contributed by atoms with Crippen molar-refractivity contribution in [2.45, 2.75) is 128 Å². The summed E-state index contributed by atoms with van der Waals surface area (Å²) in [6.45, 7) is 10.8. The summed E-state index contributed by atoms with van der Waals surface area (Å²) in [5, 5.41) is 28.8. The number of amides is 2. The van der Waals surface area contributed by atoms with E-state index < -0.39 is 41.6 Å². The number of urea groups is 1. The highest BCUT2D eigenvalue weighted by Gasteiger charge is 2.60. The number of anilines is 1. The topological polar surface area (TPSA) is 145 Å². The number of hydrogen-bond donors (Lipinski definition) is 4. The van der Waals surface area contributed by atoms with Crippen molar-refractivity contribution in [3.63, 3.8) is 0 Å². The number of allylic oxidation sites excluding steroid dienone is 2. The number of fused-ring (bicyclic) bond motifs is 2. The maximum atomic E-state index is 14.1. The molecule has 53 heavy (non-hydrogen) atoms. The maximum absolute atomic E-state index is 14.1. The van der Waals surface area contributed by atoms with Crippen molar-refractivity contribution in [1.82, 2.24) is 5.32 Å². The fourth-order valence-electron chi connectivity index (χ4n) is 8.70. The number of aliphatic hydroxyl groups is 2. The van der Waals surface area contributed by atoms with Crippen molar-refractivity contribution < 1.29 is 43.5 Å². The van der Waals surface area contributed by atoms with Crippen LogP contribution in [0, 0.1) is 17.8 Å². The van der Waals surface area contributed by atoms with Crippen LogP contribution >= 0.6 is 0 Å². The number of nitrogens with one attached hydrogen (secondary N) is 2. The Kier molecular flexibility index (Phi) is 12.3. The molecule has 3 saturated heterocycles. The van der Waals surface area contributed by atoms with E-state index in [2.05, 4.69) is 44.4 Å². The molecule has 3 fully saturated rings. The Morgan fingerprint density at radius 2 is 1.87 bits per heavy atom. The standard InChI is InChI=1S/C42H58N2O9/c1-7-35-25(2)17-19-41(53-35)23-33-22-32(52-41)16-11-27(4)37(49-20-18-29-12-14-31(15-13-29)44-40(47)43-6)26(3)9-8-10-30-24-50-38-36(45)28(5)21-34(39(46)51-33)42(30,38)48/h8-15,21,25-26,32-38,45,48H,7,16-20,22-24H2,1-6H3,(H2,43,44,47)/b9-8+,27-11+,30-10+/t25-,26-,32+,33-,34-,35+,36+,37+,38-,41+,42+/m0/s1. The van der Waals surface area contributed by atoms with Gasteiger partial charge in [-0.3, -0.25) is 4.79 Å². The molecule has 5 aliphatic rings. The van der Waals surface area contributed by atoms with Gasteiger partial charge in [0.1, 0.15) is 29.8 Å². The first-order valence-electron chi connectivity index (χ1n) is 19.4. The molecule has 290 valence electrons. The van der Waals surface area contributed by atoms with Gasteiger partial charge in [-0.05, 0) is 79.9 Å². The fraction of sp³-hybridized carbons (Fsp3) is 0.619. The molecule has 0 radical (unpaired) electrons. The summed E-state index contributed by atoms with van der Waals surface area (Å²) in [7, 11) is 1.58. The number of hydrogen-bond acceptors (Lipinski definition) is 9. The van der Waals surface area contributed by atoms with E-state index in [1.807, 2.05) is 36.4 Å². The monoisotopic (exact) mass is 734 g/mol. The van der Waals surface area contributed by atoms with Crippen LogP contribution in [-0.4, -0.2) is 90.5 Å². The zero-order valence-corrected chi connectivity index (χ0v) is 32.0. The molecule has 1 aromatic rings. The molecular formula is C42H58N2O9. The average Bonchev–Trinajstić information content (AvgIpc) is 3.48. The fourth-order valence-corrected chi connectivity index (χ4v) is 8.70. The van der Waals surface area contributed by atoms with Crippen LogP contribution in [0.2, 0.25) is 0 Å². The van der Waals surface area contributed by atoms with E-state index in [-0.39, 0.29) is 36.9 Å². The second-order valence-corrected chi connectivity index (χ2v) is 15.7. The first-order valence-corrected chi connectivity index (χ1v) is 19.4. The van der Waals surface area contributed by atoms with Gasteiger partial charge in [-0.1, -0.05) is 63.3 Å². The first kappa shape index (κ1) is 39.4. The summed E-state index contributed by atoms with van der Waals surface area (Å²) >= 11 is 0. The van der Waals surface area contributed by atoms with Gasteiger partial charge >= 0.3 is 12.0 Å². The lowest BCUT2D eigenvalue weighted by Crippen LogP contribution is -2.58. The Hall–Kier alpha value is -3.32. The molecule has 0 unspecified atom stereocenters. The Labute approximate surface area is 313 Å². The second-order valence-electron chi connectivity index (χ2n) is 15.7. The van der Waals surface area contributed by atoms with Crippen molar-refractivity contribution in [3.05, 3.63) is 76.9 Å². The predicted molar refractivity (Wildman–Crippen MR) is 201 cm³/mol. The minimum atomic E-state index is -1.77. The van der Waals surface area contributed by atoms with E-state index in [0.29, 0.717) is 61.5 Å². The average molecular weight is 735 g/mol. The highest BCUT2D eigenvalue weighted by molar-refractivity contribution is 5.88. The van der Waals surface area contributed by atoms with Crippen LogP contribution in [0.3, 0.4) is 0 Å². The van der Waals surface area contributed by atoms with Gasteiger partial charge in [-0.15, -0.1) is 0 Å². The minimum absolute atomic E-state index is 0.0397. The van der Waals surface area contributed by atoms with Gasteiger partial charge in [-0.25, -0.2) is 4.79 Å². The number of carbonyl (C=O) groups excluding carboxylic acids is 2. The summed E-state index contributed by atoms with van der Waals surface area (Å²) in [5.41, 5.74) is 2.16. The quantitative estimate of drug-likeness (QED) is 0.207. The Morgan fingerprint density at radius 3 is 2.60 bits per heavy atom. The molecule has 4 aliphatic heterocycles. The van der Waals surface area contributed by atoms with Crippen molar-refractivity contribution >= 4 is 17.7 Å². The third-order valence-electron chi connectivity index (χ3n) is 11.9. The van der Waals surface area contributed by atoms with E-state index >= 15 is 0 Å². The largest absolute Gasteiger partial charge is 0.462 e. The molecule has 1 spiro atoms. The summed E-state index contributed by atoms with van der Waals surface area (Å²) in [5.74, 6) is -2.13. The molecule has 6 rings (SSSR count). The lowest BCUT2D eigenvalue weighted by Gasteiger charge is -2.50. The summed E-state index contributed by atoms with van der Waals surface area (Å²) in [6, 6.07) is 7.45. The minimum Gasteiger partial charge on any atom is -0.462 e. The van der Waals surface area contributed by atoms with Crippen molar-refractivity contribution in [1.29, 1.82) is 0 Å². The molecule has 2 amide bonds. The van der Waals surface area contributed by atoms with Gasteiger partial charge in [0.25, 0.3) is 0 Å². The van der Waals surface area contributed by atoms with E-state index in [1.54, 1.807) is 26.1 Å². The zero-order chi connectivity index (χ0) is 37.9. The Bertz CT molecular complexity index is 1600. The van der Waals surface area contributed by atoms with Crippen LogP contribution < -0.4 is 10.6 Å². The lowest BCUT2D eigenvalue weighted by atomic mass is 9.71. The number of aliphatic hydroxyl groups excluding tert-OH is 1. The highest BCUT2D eigenvalue weighted by atomic mass is 16.7. The number of carbonyl (C=O) groups is 2. The van der Waals surface area contributed by atoms with Crippen LogP contribution in [0.15, 0.2) is 71.4 Å². The zero-order valence-electron chi connectivity index (χ0n) is 32.0. The van der Waals surface area contributed by atoms with E-state index in [0.717, 1.165) is 24.0 Å². The van der Waals surface area contributed by atoms with Gasteiger partial charge in [0.15, 0.2) is 5.79 Å². The molecule has 11 atom stereocenters. The molecule has 4 heterocycles. The van der Waals surface area contributed by atoms with Crippen LogP contribution in [0.1, 0.15) is 78.7 Å². The maximum Gasteiger partial charge on any atom is 0.318 e. The second kappa shape index (κ2) is 16.6. The van der Waals surface area contributed by atoms with Gasteiger partial charge in [0, 0.05) is 37.9 Å². The molecule has 1 aliphatic carbocycles. The Balaban J connectivity index is 1.29. The molecule has 1 aromatic carbocycles. The molecule has 4 N–H and O–H groups in total. The van der Waals surface area contributed by atoms with Crippen LogP contribution in [-0.2, 0) is 34.9 Å². The SMILES string of the molecule is CC[C@H]1O[C@]2(CC[C@@H]1C)C[C@@H]1C[C@@H](C/C=C(\C)[C@H](OCCc3ccc(NC(=O)NC)cc3)[C@@H](C)/C=C/C=C3\CO[C@H]4[C@H](O)C(C)=C[C@@H](C(=O)O1)[C@]34O)O2. The number of ether oxygens (including phenoxy) is 5. The highest BCUT2D eigenvalue weighted by Crippen LogP contribution is 2.47. The van der Waals surface area contributed by atoms with Crippen LogP contribution in [0.25, 0.3) is 0 Å². The Morgan fingerprint density at radius 1 is 1.09 bits per heavy atom. The van der Waals surface area contributed by atoms with Gasteiger partial charge in [0.05, 0.1) is 31.5 Å². The molecular weight excluding hydrogens is 676 g/mol. The molecule has 11 heteroatoms. The molecule has 11 nitrogen and oxygen atoms in total. The van der Waals surface area contributed by atoms with Gasteiger partial charge < -0.3 is 44.5 Å².